The van der Waals surface area contributed by atoms with Crippen molar-refractivity contribution < 1.29 is 20.1 Å². The van der Waals surface area contributed by atoms with Gasteiger partial charge in [0, 0.05) is 9.35 Å². The van der Waals surface area contributed by atoms with Gasteiger partial charge < -0.3 is 15.3 Å². The van der Waals surface area contributed by atoms with Gasteiger partial charge in [0.1, 0.15) is 6.10 Å². The van der Waals surface area contributed by atoms with E-state index in [1.165, 1.54) is 0 Å². The highest BCUT2D eigenvalue weighted by atomic mass is 79.9. The van der Waals surface area contributed by atoms with Gasteiger partial charge in [-0.2, -0.15) is 0 Å². The smallest absolute Gasteiger partial charge is 0.335 e. The fraction of sp³-hybridized carbons (Fsp3) is 0.286. The number of hydrogen-bond donors (Lipinski definition) is 3. The third-order valence-corrected chi connectivity index (χ3v) is 4.83. The van der Waals surface area contributed by atoms with Crippen LogP contribution < -0.4 is 0 Å². The number of carboxylic acid groups (broad SMARTS) is 1. The van der Waals surface area contributed by atoms with E-state index >= 15 is 0 Å². The van der Waals surface area contributed by atoms with Crippen molar-refractivity contribution in [2.75, 3.05) is 0 Å². The summed E-state index contributed by atoms with van der Waals surface area (Å²) in [5.74, 6) is -1.45. The molecule has 1 heterocycles. The lowest BCUT2D eigenvalue weighted by Gasteiger charge is -2.11. The second-order valence-electron chi connectivity index (χ2n) is 2.50. The molecule has 3 N–H and O–H groups in total. The molecular formula is C7H6Br2O4S. The molecule has 1 aromatic rings. The Labute approximate surface area is 100 Å². The quantitative estimate of drug-likeness (QED) is 0.780. The third-order valence-electron chi connectivity index (χ3n) is 1.51. The zero-order valence-electron chi connectivity index (χ0n) is 6.65. The molecule has 7 heteroatoms. The zero-order chi connectivity index (χ0) is 10.9. The van der Waals surface area contributed by atoms with Crippen molar-refractivity contribution in [1.29, 1.82) is 0 Å². The highest BCUT2D eigenvalue weighted by Crippen LogP contribution is 2.36. The monoisotopic (exact) mass is 344 g/mol. The fourth-order valence-electron chi connectivity index (χ4n) is 0.800. The minimum Gasteiger partial charge on any atom is -0.479 e. The van der Waals surface area contributed by atoms with Crippen molar-refractivity contribution in [3.63, 3.8) is 0 Å². The average Bonchev–Trinajstić information content (AvgIpc) is 2.44. The SMILES string of the molecule is O=C(O)C(O)C(O)c1cc(Br)c(Br)s1. The Hall–Kier alpha value is 0.0500. The van der Waals surface area contributed by atoms with Gasteiger partial charge in [-0.05, 0) is 37.9 Å². The Morgan fingerprint density at radius 3 is 2.36 bits per heavy atom. The van der Waals surface area contributed by atoms with E-state index in [-0.39, 0.29) is 0 Å². The summed E-state index contributed by atoms with van der Waals surface area (Å²) in [5.41, 5.74) is 0. The maximum Gasteiger partial charge on any atom is 0.335 e. The molecule has 0 aliphatic carbocycles. The standard InChI is InChI=1S/C7H6Br2O4S/c8-2-1-3(14-6(2)9)4(10)5(11)7(12)13/h1,4-5,10-11H,(H,12,13). The second-order valence-corrected chi connectivity index (χ2v) is 5.75. The second kappa shape index (κ2) is 4.71. The van der Waals surface area contributed by atoms with Gasteiger partial charge in [0.25, 0.3) is 0 Å². The van der Waals surface area contributed by atoms with Gasteiger partial charge in [-0.15, -0.1) is 11.3 Å². The number of rotatable bonds is 3. The maximum atomic E-state index is 10.4. The fourth-order valence-corrected chi connectivity index (χ4v) is 2.91. The number of aliphatic hydroxyl groups excluding tert-OH is 2. The molecule has 14 heavy (non-hydrogen) atoms. The van der Waals surface area contributed by atoms with Crippen molar-refractivity contribution in [3.8, 4) is 0 Å². The van der Waals surface area contributed by atoms with Crippen LogP contribution >= 0.6 is 43.2 Å². The first-order valence-electron chi connectivity index (χ1n) is 3.47. The van der Waals surface area contributed by atoms with Crippen LogP contribution in [0, 0.1) is 0 Å². The number of halogens is 2. The molecule has 1 rings (SSSR count). The molecule has 0 amide bonds. The van der Waals surface area contributed by atoms with Crippen molar-refractivity contribution in [3.05, 3.63) is 19.2 Å². The highest BCUT2D eigenvalue weighted by molar-refractivity contribution is 9.13. The van der Waals surface area contributed by atoms with E-state index in [2.05, 4.69) is 31.9 Å². The van der Waals surface area contributed by atoms with Gasteiger partial charge in [-0.3, -0.25) is 0 Å². The molecule has 0 bridgehead atoms. The van der Waals surface area contributed by atoms with Gasteiger partial charge in [-0.1, -0.05) is 0 Å². The first-order chi connectivity index (χ1) is 6.43. The molecule has 2 atom stereocenters. The number of aliphatic hydroxyl groups is 2. The van der Waals surface area contributed by atoms with Crippen molar-refractivity contribution in [2.45, 2.75) is 12.2 Å². The number of hydrogen-bond acceptors (Lipinski definition) is 4. The lowest BCUT2D eigenvalue weighted by atomic mass is 10.2. The molecule has 0 spiro atoms. The first-order valence-corrected chi connectivity index (χ1v) is 5.87. The van der Waals surface area contributed by atoms with Gasteiger partial charge in [0.05, 0.1) is 3.79 Å². The van der Waals surface area contributed by atoms with Crippen LogP contribution in [0.1, 0.15) is 11.0 Å². The minimum absolute atomic E-state index is 0.388. The maximum absolute atomic E-state index is 10.4. The summed E-state index contributed by atoms with van der Waals surface area (Å²) in [6, 6.07) is 1.56. The van der Waals surface area contributed by atoms with Crippen LogP contribution in [0.25, 0.3) is 0 Å². The molecule has 0 aromatic carbocycles. The van der Waals surface area contributed by atoms with Crippen molar-refractivity contribution >= 4 is 49.2 Å². The van der Waals surface area contributed by atoms with E-state index in [1.807, 2.05) is 0 Å². The van der Waals surface area contributed by atoms with E-state index in [0.29, 0.717) is 9.35 Å². The summed E-state index contributed by atoms with van der Waals surface area (Å²) < 4.78 is 1.46. The molecule has 4 nitrogen and oxygen atoms in total. The predicted octanol–water partition coefficient (Wildman–Crippen LogP) is 1.75. The molecule has 0 aliphatic heterocycles. The highest BCUT2D eigenvalue weighted by Gasteiger charge is 2.26. The van der Waals surface area contributed by atoms with Gasteiger partial charge in [-0.25, -0.2) is 4.79 Å². The molecular weight excluding hydrogens is 340 g/mol. The summed E-state index contributed by atoms with van der Waals surface area (Å²) >= 11 is 7.56. The molecule has 0 saturated carbocycles. The van der Waals surface area contributed by atoms with Crippen molar-refractivity contribution in [1.82, 2.24) is 0 Å². The minimum atomic E-state index is -1.80. The zero-order valence-corrected chi connectivity index (χ0v) is 10.6. The number of thiophene rings is 1. The largest absolute Gasteiger partial charge is 0.479 e. The summed E-state index contributed by atoms with van der Waals surface area (Å²) in [6.07, 6.45) is -3.20. The topological polar surface area (TPSA) is 77.8 Å². The third kappa shape index (κ3) is 2.54. The van der Waals surface area contributed by atoms with Crippen LogP contribution in [-0.4, -0.2) is 27.4 Å². The molecule has 2 unspecified atom stereocenters. The van der Waals surface area contributed by atoms with Gasteiger partial charge >= 0.3 is 5.97 Å². The molecule has 1 aromatic heterocycles. The van der Waals surface area contributed by atoms with Crippen LogP contribution in [0.2, 0.25) is 0 Å². The molecule has 0 fully saturated rings. The van der Waals surface area contributed by atoms with E-state index in [1.54, 1.807) is 6.07 Å². The molecule has 0 saturated heterocycles. The van der Waals surface area contributed by atoms with Gasteiger partial charge in [0.15, 0.2) is 6.10 Å². The number of aliphatic carboxylic acids is 1. The number of carbonyl (C=O) groups is 1. The van der Waals surface area contributed by atoms with Crippen molar-refractivity contribution in [2.24, 2.45) is 0 Å². The summed E-state index contributed by atoms with van der Waals surface area (Å²) in [5, 5.41) is 27.0. The molecule has 78 valence electrons. The average molecular weight is 346 g/mol. The normalized spacial score (nSPS) is 15.1. The van der Waals surface area contributed by atoms with E-state index < -0.39 is 18.2 Å². The Bertz CT molecular complexity index is 332. The molecule has 0 aliphatic rings. The lowest BCUT2D eigenvalue weighted by molar-refractivity contribution is -0.152. The Kier molecular flexibility index (Phi) is 4.08. The van der Waals surface area contributed by atoms with Crippen LogP contribution in [0.15, 0.2) is 14.3 Å². The molecule has 0 radical (unpaired) electrons. The lowest BCUT2D eigenvalue weighted by Crippen LogP contribution is -2.26. The Morgan fingerprint density at radius 1 is 1.43 bits per heavy atom. The van der Waals surface area contributed by atoms with Crippen LogP contribution in [0.4, 0.5) is 0 Å². The van der Waals surface area contributed by atoms with Gasteiger partial charge in [0.2, 0.25) is 0 Å². The van der Waals surface area contributed by atoms with Crippen LogP contribution in [0.3, 0.4) is 0 Å². The first kappa shape index (κ1) is 12.1. The summed E-state index contributed by atoms with van der Waals surface area (Å²) in [7, 11) is 0. The Morgan fingerprint density at radius 2 is 2.00 bits per heavy atom. The predicted molar refractivity (Wildman–Crippen MR) is 58.3 cm³/mol. The summed E-state index contributed by atoms with van der Waals surface area (Å²) in [4.78, 5) is 10.8. The number of carboxylic acids is 1. The van der Waals surface area contributed by atoms with E-state index in [4.69, 9.17) is 10.2 Å². The van der Waals surface area contributed by atoms with E-state index in [0.717, 1.165) is 15.1 Å². The Balaban J connectivity index is 2.89. The van der Waals surface area contributed by atoms with Crippen LogP contribution in [-0.2, 0) is 4.79 Å². The summed E-state index contributed by atoms with van der Waals surface area (Å²) in [6.45, 7) is 0. The van der Waals surface area contributed by atoms with Crippen LogP contribution in [0.5, 0.6) is 0 Å². The van der Waals surface area contributed by atoms with E-state index in [9.17, 15) is 9.90 Å².